The summed E-state index contributed by atoms with van der Waals surface area (Å²) in [6.07, 6.45) is 0. The van der Waals surface area contributed by atoms with Crippen LogP contribution in [0.3, 0.4) is 0 Å². The molecule has 0 aliphatic carbocycles. The van der Waals surface area contributed by atoms with E-state index >= 15 is 0 Å². The molecule has 0 radical (unpaired) electrons. The summed E-state index contributed by atoms with van der Waals surface area (Å²) in [6.45, 7) is 0. The molecule has 39 heavy (non-hydrogen) atoms. The fourth-order valence-electron chi connectivity index (χ4n) is 5.19. The summed E-state index contributed by atoms with van der Waals surface area (Å²) in [5, 5.41) is 4.77. The van der Waals surface area contributed by atoms with E-state index in [1.54, 1.807) is 0 Å². The fourth-order valence-corrected chi connectivity index (χ4v) is 5.32. The zero-order chi connectivity index (χ0) is 25.9. The van der Waals surface area contributed by atoms with Gasteiger partial charge < -0.3 is 8.83 Å². The van der Waals surface area contributed by atoms with Crippen LogP contribution >= 0.6 is 11.6 Å². The van der Waals surface area contributed by atoms with Crippen LogP contribution in [0.4, 0.5) is 0 Å². The summed E-state index contributed by atoms with van der Waals surface area (Å²) in [7, 11) is 0. The number of halogens is 1. The monoisotopic (exact) mass is 523 g/mol. The standard InChI is InChI=1S/C33H18ClN3O2/c34-20-17-15-19(16-18-20)31-35-32(25-11-5-9-23-21-7-1-3-13-27(21)38-29(23)25)37-33(36-31)26-12-6-10-24-22-8-2-4-14-28(22)39-30(24)26/h1-18H. The summed E-state index contributed by atoms with van der Waals surface area (Å²) in [5.74, 6) is 1.57. The summed E-state index contributed by atoms with van der Waals surface area (Å²) in [5.41, 5.74) is 5.52. The zero-order valence-electron chi connectivity index (χ0n) is 20.4. The van der Waals surface area contributed by atoms with Crippen LogP contribution in [-0.4, -0.2) is 15.0 Å². The molecule has 0 spiro atoms. The Morgan fingerprint density at radius 2 is 0.897 bits per heavy atom. The lowest BCUT2D eigenvalue weighted by atomic mass is 10.1. The molecule has 8 rings (SSSR count). The van der Waals surface area contributed by atoms with Gasteiger partial charge in [0.2, 0.25) is 0 Å². The number of hydrogen-bond acceptors (Lipinski definition) is 5. The van der Waals surface area contributed by atoms with Gasteiger partial charge >= 0.3 is 0 Å². The average molecular weight is 524 g/mol. The molecular weight excluding hydrogens is 506 g/mol. The number of benzene rings is 5. The van der Waals surface area contributed by atoms with Gasteiger partial charge in [0.25, 0.3) is 0 Å². The quantitative estimate of drug-likeness (QED) is 0.231. The average Bonchev–Trinajstić information content (AvgIpc) is 3.56. The highest BCUT2D eigenvalue weighted by atomic mass is 35.5. The van der Waals surface area contributed by atoms with Gasteiger partial charge in [-0.1, -0.05) is 72.3 Å². The minimum Gasteiger partial charge on any atom is -0.455 e. The predicted molar refractivity (Wildman–Crippen MR) is 156 cm³/mol. The molecule has 3 aromatic heterocycles. The SMILES string of the molecule is Clc1ccc(-c2nc(-c3cccc4c3oc3ccccc34)nc(-c3cccc4c3oc3ccccc34)n2)cc1. The van der Waals surface area contributed by atoms with Crippen molar-refractivity contribution >= 4 is 55.5 Å². The molecule has 184 valence electrons. The van der Waals surface area contributed by atoms with Crippen molar-refractivity contribution in [1.82, 2.24) is 15.0 Å². The summed E-state index contributed by atoms with van der Waals surface area (Å²) in [6, 6.07) is 35.6. The van der Waals surface area contributed by atoms with E-state index in [1.807, 2.05) is 84.9 Å². The first-order valence-electron chi connectivity index (χ1n) is 12.6. The van der Waals surface area contributed by atoms with Gasteiger partial charge in [-0.05, 0) is 48.5 Å². The van der Waals surface area contributed by atoms with E-state index in [1.165, 1.54) is 0 Å². The molecule has 0 unspecified atom stereocenters. The second-order valence-electron chi connectivity index (χ2n) is 9.37. The molecule has 0 saturated heterocycles. The van der Waals surface area contributed by atoms with Gasteiger partial charge in [0.05, 0.1) is 11.1 Å². The number of furan rings is 2. The molecule has 5 aromatic carbocycles. The Morgan fingerprint density at radius 3 is 1.44 bits per heavy atom. The largest absolute Gasteiger partial charge is 0.455 e. The second-order valence-corrected chi connectivity index (χ2v) is 9.81. The second kappa shape index (κ2) is 8.51. The topological polar surface area (TPSA) is 65.0 Å². The molecular formula is C33H18ClN3O2. The maximum absolute atomic E-state index is 6.32. The highest BCUT2D eigenvalue weighted by Crippen LogP contribution is 2.38. The molecule has 6 heteroatoms. The number of rotatable bonds is 3. The lowest BCUT2D eigenvalue weighted by Crippen LogP contribution is -2.00. The Morgan fingerprint density at radius 1 is 0.436 bits per heavy atom. The molecule has 0 bridgehead atoms. The first-order valence-corrected chi connectivity index (χ1v) is 12.9. The van der Waals surface area contributed by atoms with Crippen LogP contribution in [0.25, 0.3) is 78.0 Å². The van der Waals surface area contributed by atoms with Crippen LogP contribution in [-0.2, 0) is 0 Å². The maximum atomic E-state index is 6.32. The van der Waals surface area contributed by atoms with Crippen LogP contribution in [0, 0.1) is 0 Å². The molecule has 3 heterocycles. The lowest BCUT2D eigenvalue weighted by molar-refractivity contribution is 0.669. The Balaban J connectivity index is 1.42. The van der Waals surface area contributed by atoms with E-state index in [0.717, 1.165) is 60.6 Å². The predicted octanol–water partition coefficient (Wildman–Crippen LogP) is 9.32. The third-order valence-electron chi connectivity index (χ3n) is 7.03. The molecule has 0 aliphatic heterocycles. The molecule has 0 fully saturated rings. The summed E-state index contributed by atoms with van der Waals surface area (Å²) < 4.78 is 12.6. The van der Waals surface area contributed by atoms with Crippen molar-refractivity contribution < 1.29 is 8.83 Å². The van der Waals surface area contributed by atoms with Crippen molar-refractivity contribution in [2.75, 3.05) is 0 Å². The Labute approximate surface area is 227 Å². The van der Waals surface area contributed by atoms with Crippen LogP contribution in [0.15, 0.2) is 118 Å². The van der Waals surface area contributed by atoms with Gasteiger partial charge in [0.15, 0.2) is 17.5 Å². The van der Waals surface area contributed by atoms with Gasteiger partial charge in [-0.15, -0.1) is 0 Å². The molecule has 0 aliphatic rings. The van der Waals surface area contributed by atoms with E-state index in [9.17, 15) is 0 Å². The van der Waals surface area contributed by atoms with Crippen molar-refractivity contribution in [2.45, 2.75) is 0 Å². The maximum Gasteiger partial charge on any atom is 0.167 e. The van der Waals surface area contributed by atoms with Gasteiger partial charge in [-0.2, -0.15) is 0 Å². The smallest absolute Gasteiger partial charge is 0.167 e. The molecule has 5 nitrogen and oxygen atoms in total. The number of aromatic nitrogens is 3. The van der Waals surface area contributed by atoms with E-state index in [-0.39, 0.29) is 0 Å². The van der Waals surface area contributed by atoms with Crippen molar-refractivity contribution in [1.29, 1.82) is 0 Å². The summed E-state index contributed by atoms with van der Waals surface area (Å²) in [4.78, 5) is 14.8. The Bertz CT molecular complexity index is 2060. The molecule has 0 saturated carbocycles. The molecule has 0 atom stereocenters. The van der Waals surface area contributed by atoms with Crippen molar-refractivity contribution in [3.05, 3.63) is 114 Å². The third kappa shape index (κ3) is 3.51. The first-order chi connectivity index (χ1) is 19.2. The number of hydrogen-bond donors (Lipinski definition) is 0. The minimum absolute atomic E-state index is 0.516. The fraction of sp³-hybridized carbons (Fsp3) is 0. The van der Waals surface area contributed by atoms with Crippen molar-refractivity contribution in [3.63, 3.8) is 0 Å². The molecule has 0 amide bonds. The lowest BCUT2D eigenvalue weighted by Gasteiger charge is -2.09. The number of para-hydroxylation sites is 4. The van der Waals surface area contributed by atoms with E-state index in [2.05, 4.69) is 24.3 Å². The van der Waals surface area contributed by atoms with E-state index in [4.69, 9.17) is 35.4 Å². The minimum atomic E-state index is 0.516. The molecule has 0 N–H and O–H groups in total. The van der Waals surface area contributed by atoms with Crippen LogP contribution in [0.1, 0.15) is 0 Å². The van der Waals surface area contributed by atoms with Gasteiger partial charge in [-0.3, -0.25) is 0 Å². The highest BCUT2D eigenvalue weighted by molar-refractivity contribution is 6.30. The van der Waals surface area contributed by atoms with Crippen molar-refractivity contribution in [2.24, 2.45) is 0 Å². The molecule has 8 aromatic rings. The van der Waals surface area contributed by atoms with Crippen molar-refractivity contribution in [3.8, 4) is 34.2 Å². The normalized spacial score (nSPS) is 11.7. The number of nitrogens with zero attached hydrogens (tertiary/aromatic N) is 3. The van der Waals surface area contributed by atoms with Crippen LogP contribution in [0.2, 0.25) is 5.02 Å². The van der Waals surface area contributed by atoms with Crippen LogP contribution < -0.4 is 0 Å². The van der Waals surface area contributed by atoms with Gasteiger partial charge in [-0.25, -0.2) is 15.0 Å². The zero-order valence-corrected chi connectivity index (χ0v) is 21.2. The Hall–Kier alpha value is -5.00. The number of fused-ring (bicyclic) bond motifs is 6. The van der Waals surface area contributed by atoms with Crippen LogP contribution in [0.5, 0.6) is 0 Å². The van der Waals surface area contributed by atoms with E-state index < -0.39 is 0 Å². The van der Waals surface area contributed by atoms with Gasteiger partial charge in [0.1, 0.15) is 22.3 Å². The third-order valence-corrected chi connectivity index (χ3v) is 7.28. The van der Waals surface area contributed by atoms with Gasteiger partial charge in [0, 0.05) is 32.1 Å². The Kier molecular flexibility index (Phi) is 4.81. The van der Waals surface area contributed by atoms with E-state index in [0.29, 0.717) is 22.5 Å². The first kappa shape index (κ1) is 22.0. The highest BCUT2D eigenvalue weighted by Gasteiger charge is 2.20. The summed E-state index contributed by atoms with van der Waals surface area (Å²) >= 11 is 6.18.